The molecule has 3 fully saturated rings. The van der Waals surface area contributed by atoms with E-state index in [2.05, 4.69) is 45.6 Å². The van der Waals surface area contributed by atoms with Gasteiger partial charge in [0.2, 0.25) is 18.3 Å². The summed E-state index contributed by atoms with van der Waals surface area (Å²) < 4.78 is 34.9. The Kier molecular flexibility index (Phi) is 4.55. The number of rotatable bonds is 5. The second kappa shape index (κ2) is 6.36. The molecule has 0 amide bonds. The highest BCUT2D eigenvalue weighted by Gasteiger charge is 2.72. The SMILES string of the molecule is CC1(C)[C@H]2CC[C@@]13CS(=O)(=O)N(/C(=C/Cc1ccccc1)O[Si](C)(C)C)[C@H]3C2. The Labute approximate surface area is 171 Å². The fourth-order valence-corrected chi connectivity index (χ4v) is 9.32. The van der Waals surface area contributed by atoms with Crippen molar-refractivity contribution < 1.29 is 12.8 Å². The summed E-state index contributed by atoms with van der Waals surface area (Å²) in [6.07, 6.45) is 5.82. The molecule has 2 aliphatic carbocycles. The van der Waals surface area contributed by atoms with Gasteiger partial charge in [-0.2, -0.15) is 0 Å². The minimum atomic E-state index is -3.37. The molecule has 2 saturated carbocycles. The third-order valence-corrected chi connectivity index (χ3v) is 10.1. The van der Waals surface area contributed by atoms with Crippen LogP contribution in [-0.2, 0) is 20.9 Å². The molecule has 2 bridgehead atoms. The lowest BCUT2D eigenvalue weighted by Crippen LogP contribution is -2.43. The number of nitrogens with zero attached hydrogens (tertiary/aromatic N) is 1. The zero-order chi connectivity index (χ0) is 20.4. The fourth-order valence-electron chi connectivity index (χ4n) is 5.89. The Bertz CT molecular complexity index is 888. The second-order valence-corrected chi connectivity index (χ2v) is 16.6. The van der Waals surface area contributed by atoms with E-state index >= 15 is 0 Å². The van der Waals surface area contributed by atoms with Crippen LogP contribution in [0.1, 0.15) is 38.7 Å². The molecule has 0 aromatic heterocycles. The van der Waals surface area contributed by atoms with Crippen LogP contribution in [0.25, 0.3) is 0 Å². The minimum Gasteiger partial charge on any atom is -0.532 e. The van der Waals surface area contributed by atoms with Crippen LogP contribution in [0.15, 0.2) is 42.3 Å². The lowest BCUT2D eigenvalue weighted by atomic mass is 9.69. The molecular formula is C22H33NO3SSi. The van der Waals surface area contributed by atoms with Crippen LogP contribution in [0.5, 0.6) is 0 Å². The second-order valence-electron chi connectivity index (χ2n) is 10.4. The third kappa shape index (κ3) is 3.03. The summed E-state index contributed by atoms with van der Waals surface area (Å²) >= 11 is 0. The molecular weight excluding hydrogens is 386 g/mol. The normalized spacial score (nSPS) is 33.2. The van der Waals surface area contributed by atoms with Crippen LogP contribution in [0.4, 0.5) is 0 Å². The highest BCUT2D eigenvalue weighted by atomic mass is 32.2. The van der Waals surface area contributed by atoms with Gasteiger partial charge in [-0.15, -0.1) is 0 Å². The Balaban J connectivity index is 1.73. The first-order valence-corrected chi connectivity index (χ1v) is 15.4. The van der Waals surface area contributed by atoms with E-state index in [4.69, 9.17) is 4.43 Å². The summed E-state index contributed by atoms with van der Waals surface area (Å²) in [4.78, 5) is 0. The smallest absolute Gasteiger partial charge is 0.244 e. The van der Waals surface area contributed by atoms with Crippen LogP contribution >= 0.6 is 0 Å². The Morgan fingerprint density at radius 3 is 2.54 bits per heavy atom. The zero-order valence-electron chi connectivity index (χ0n) is 17.7. The molecule has 1 aromatic carbocycles. The maximum absolute atomic E-state index is 13.4. The Morgan fingerprint density at radius 1 is 1.25 bits per heavy atom. The predicted octanol–water partition coefficient (Wildman–Crippen LogP) is 4.76. The molecule has 3 aliphatic rings. The molecule has 0 radical (unpaired) electrons. The predicted molar refractivity (Wildman–Crippen MR) is 116 cm³/mol. The van der Waals surface area contributed by atoms with Gasteiger partial charge in [-0.1, -0.05) is 44.2 Å². The molecule has 0 N–H and O–H groups in total. The highest BCUT2D eigenvalue weighted by Crippen LogP contribution is 2.70. The molecule has 1 saturated heterocycles. The quantitative estimate of drug-likeness (QED) is 0.510. The van der Waals surface area contributed by atoms with Crippen molar-refractivity contribution in [3.05, 3.63) is 47.9 Å². The van der Waals surface area contributed by atoms with Gasteiger partial charge in [0.1, 0.15) is 0 Å². The van der Waals surface area contributed by atoms with E-state index in [0.717, 1.165) is 19.3 Å². The van der Waals surface area contributed by atoms with Crippen molar-refractivity contribution >= 4 is 18.3 Å². The molecule has 0 unspecified atom stereocenters. The summed E-state index contributed by atoms with van der Waals surface area (Å²) in [5.74, 6) is 1.46. The first-order valence-electron chi connectivity index (χ1n) is 10.4. The summed E-state index contributed by atoms with van der Waals surface area (Å²) in [6.45, 7) is 10.9. The van der Waals surface area contributed by atoms with Gasteiger partial charge in [0.15, 0.2) is 5.88 Å². The third-order valence-electron chi connectivity index (χ3n) is 7.39. The standard InChI is InChI=1S/C22H33NO3SSi/c1-21(2)18-13-14-22(21)16-27(24,25)23(19(22)15-18)20(26-28(3,4)5)12-11-17-9-7-6-8-10-17/h6-10,12,18-19H,11,13-16H2,1-5H3/b20-12-/t18-,19-,22-/m0/s1. The summed E-state index contributed by atoms with van der Waals surface area (Å²) in [5, 5.41) is 0. The van der Waals surface area contributed by atoms with Gasteiger partial charge in [-0.25, -0.2) is 12.7 Å². The van der Waals surface area contributed by atoms with Crippen molar-refractivity contribution in [3.63, 3.8) is 0 Å². The molecule has 28 heavy (non-hydrogen) atoms. The molecule has 1 spiro atoms. The van der Waals surface area contributed by atoms with Gasteiger partial charge in [-0.3, -0.25) is 0 Å². The van der Waals surface area contributed by atoms with E-state index < -0.39 is 18.3 Å². The lowest BCUT2D eigenvalue weighted by molar-refractivity contribution is 0.108. The van der Waals surface area contributed by atoms with Crippen molar-refractivity contribution in [2.75, 3.05) is 5.75 Å². The number of benzene rings is 1. The topological polar surface area (TPSA) is 46.6 Å². The highest BCUT2D eigenvalue weighted by molar-refractivity contribution is 7.89. The Hall–Kier alpha value is -1.27. The van der Waals surface area contributed by atoms with Crippen LogP contribution in [0.2, 0.25) is 19.6 Å². The average molecular weight is 420 g/mol. The van der Waals surface area contributed by atoms with Gasteiger partial charge in [0.05, 0.1) is 11.8 Å². The summed E-state index contributed by atoms with van der Waals surface area (Å²) in [5.41, 5.74) is 1.10. The first-order chi connectivity index (χ1) is 13.0. The monoisotopic (exact) mass is 419 g/mol. The van der Waals surface area contributed by atoms with E-state index in [-0.39, 0.29) is 22.6 Å². The largest absolute Gasteiger partial charge is 0.532 e. The van der Waals surface area contributed by atoms with Crippen LogP contribution < -0.4 is 0 Å². The summed E-state index contributed by atoms with van der Waals surface area (Å²) in [7, 11) is -5.34. The molecule has 4 nitrogen and oxygen atoms in total. The van der Waals surface area contributed by atoms with Gasteiger partial charge < -0.3 is 4.43 Å². The van der Waals surface area contributed by atoms with Crippen molar-refractivity contribution in [1.29, 1.82) is 0 Å². The first kappa shape index (κ1) is 20.0. The van der Waals surface area contributed by atoms with E-state index in [1.165, 1.54) is 5.56 Å². The lowest BCUT2D eigenvalue weighted by Gasteiger charge is -2.38. The number of hydrogen-bond acceptors (Lipinski definition) is 3. The maximum Gasteiger partial charge on any atom is 0.244 e. The minimum absolute atomic E-state index is 0.0459. The number of sulfonamides is 1. The molecule has 1 aliphatic heterocycles. The number of fused-ring (bicyclic) bond motifs is 1. The van der Waals surface area contributed by atoms with E-state index in [1.54, 1.807) is 4.31 Å². The zero-order valence-corrected chi connectivity index (χ0v) is 19.6. The van der Waals surface area contributed by atoms with Crippen LogP contribution in [-0.4, -0.2) is 32.8 Å². The molecule has 4 rings (SSSR count). The molecule has 3 atom stereocenters. The average Bonchev–Trinajstić information content (AvgIpc) is 3.06. The Morgan fingerprint density at radius 2 is 1.93 bits per heavy atom. The van der Waals surface area contributed by atoms with Gasteiger partial charge in [0.25, 0.3) is 0 Å². The van der Waals surface area contributed by atoms with E-state index in [0.29, 0.717) is 18.2 Å². The van der Waals surface area contributed by atoms with Crippen molar-refractivity contribution in [3.8, 4) is 0 Å². The van der Waals surface area contributed by atoms with Crippen LogP contribution in [0.3, 0.4) is 0 Å². The van der Waals surface area contributed by atoms with Crippen LogP contribution in [0, 0.1) is 16.7 Å². The molecule has 154 valence electrons. The number of allylic oxidation sites excluding steroid dienone is 1. The van der Waals surface area contributed by atoms with Gasteiger partial charge >= 0.3 is 0 Å². The van der Waals surface area contributed by atoms with E-state index in [1.807, 2.05) is 24.3 Å². The van der Waals surface area contributed by atoms with Crippen molar-refractivity contribution in [2.24, 2.45) is 16.7 Å². The van der Waals surface area contributed by atoms with Crippen molar-refractivity contribution in [1.82, 2.24) is 4.31 Å². The maximum atomic E-state index is 13.4. The molecule has 1 heterocycles. The van der Waals surface area contributed by atoms with Crippen molar-refractivity contribution in [2.45, 2.75) is 65.2 Å². The summed E-state index contributed by atoms with van der Waals surface area (Å²) in [6, 6.07) is 10.2. The van der Waals surface area contributed by atoms with E-state index in [9.17, 15) is 8.42 Å². The van der Waals surface area contributed by atoms with Gasteiger partial charge in [0, 0.05) is 5.41 Å². The number of hydrogen-bond donors (Lipinski definition) is 0. The molecule has 6 heteroatoms. The van der Waals surface area contributed by atoms with Gasteiger partial charge in [-0.05, 0) is 68.3 Å². The molecule has 1 aromatic rings. The fraction of sp³-hybridized carbons (Fsp3) is 0.636.